The first-order chi connectivity index (χ1) is 10.7. The van der Waals surface area contributed by atoms with Crippen LogP contribution in [-0.2, 0) is 0 Å². The lowest BCUT2D eigenvalue weighted by atomic mass is 10.1. The van der Waals surface area contributed by atoms with Crippen LogP contribution in [0.1, 0.15) is 34.6 Å². The van der Waals surface area contributed by atoms with Gasteiger partial charge >= 0.3 is 0 Å². The summed E-state index contributed by atoms with van der Waals surface area (Å²) in [6.07, 6.45) is 7.78. The Morgan fingerprint density at radius 3 is 2.73 bits per heavy atom. The monoisotopic (exact) mass is 318 g/mol. The SMILES string of the molecule is Cc1nc(-n2cccc2)sc1C(=O)NCCN1CCCCC1. The maximum atomic E-state index is 12.3. The normalized spacial score (nSPS) is 15.9. The first kappa shape index (κ1) is 15.2. The van der Waals surface area contributed by atoms with E-state index in [-0.39, 0.29) is 5.91 Å². The van der Waals surface area contributed by atoms with Crippen LogP contribution in [-0.4, -0.2) is 46.5 Å². The molecular weight excluding hydrogens is 296 g/mol. The van der Waals surface area contributed by atoms with Gasteiger partial charge in [-0.3, -0.25) is 4.79 Å². The third-order valence-electron chi connectivity index (χ3n) is 3.98. The first-order valence-corrected chi connectivity index (χ1v) is 8.67. The molecule has 5 nitrogen and oxygen atoms in total. The van der Waals surface area contributed by atoms with Crippen LogP contribution in [0.5, 0.6) is 0 Å². The lowest BCUT2D eigenvalue weighted by molar-refractivity contribution is 0.0950. The van der Waals surface area contributed by atoms with Gasteiger partial charge in [0.25, 0.3) is 5.91 Å². The number of likely N-dealkylation sites (tertiary alicyclic amines) is 1. The molecule has 0 atom stereocenters. The number of amides is 1. The number of carbonyl (C=O) groups is 1. The van der Waals surface area contributed by atoms with Crippen molar-refractivity contribution in [2.75, 3.05) is 26.2 Å². The van der Waals surface area contributed by atoms with E-state index in [4.69, 9.17) is 0 Å². The Hall–Kier alpha value is -1.66. The van der Waals surface area contributed by atoms with Crippen molar-refractivity contribution in [3.63, 3.8) is 0 Å². The zero-order valence-corrected chi connectivity index (χ0v) is 13.7. The second kappa shape index (κ2) is 7.07. The number of nitrogens with zero attached hydrogens (tertiary/aromatic N) is 3. The van der Waals surface area contributed by atoms with E-state index in [9.17, 15) is 4.79 Å². The average molecular weight is 318 g/mol. The van der Waals surface area contributed by atoms with Gasteiger partial charge in [-0.25, -0.2) is 4.98 Å². The molecule has 0 saturated carbocycles. The van der Waals surface area contributed by atoms with E-state index in [0.29, 0.717) is 11.4 Å². The van der Waals surface area contributed by atoms with Crippen molar-refractivity contribution < 1.29 is 4.79 Å². The molecule has 0 aliphatic carbocycles. The second-order valence-electron chi connectivity index (χ2n) is 5.66. The fourth-order valence-corrected chi connectivity index (χ4v) is 3.71. The molecule has 118 valence electrons. The molecule has 3 rings (SSSR count). The van der Waals surface area contributed by atoms with E-state index in [1.54, 1.807) is 0 Å². The van der Waals surface area contributed by atoms with Crippen molar-refractivity contribution in [2.24, 2.45) is 0 Å². The summed E-state index contributed by atoms with van der Waals surface area (Å²) in [4.78, 5) is 19.9. The van der Waals surface area contributed by atoms with Gasteiger partial charge in [0.1, 0.15) is 4.88 Å². The van der Waals surface area contributed by atoms with Gasteiger partial charge < -0.3 is 14.8 Å². The Labute approximate surface area is 135 Å². The minimum atomic E-state index is -0.00887. The zero-order chi connectivity index (χ0) is 15.4. The number of carbonyl (C=O) groups excluding carboxylic acids is 1. The number of piperidine rings is 1. The fraction of sp³-hybridized carbons (Fsp3) is 0.500. The number of hydrogen-bond acceptors (Lipinski definition) is 4. The zero-order valence-electron chi connectivity index (χ0n) is 12.9. The number of nitrogens with one attached hydrogen (secondary N) is 1. The summed E-state index contributed by atoms with van der Waals surface area (Å²) in [7, 11) is 0. The van der Waals surface area contributed by atoms with Crippen molar-refractivity contribution in [1.82, 2.24) is 19.8 Å². The van der Waals surface area contributed by atoms with Gasteiger partial charge in [-0.15, -0.1) is 0 Å². The molecule has 0 bridgehead atoms. The highest BCUT2D eigenvalue weighted by molar-refractivity contribution is 7.16. The van der Waals surface area contributed by atoms with Gasteiger partial charge in [0.2, 0.25) is 0 Å². The minimum absolute atomic E-state index is 0.00887. The second-order valence-corrected chi connectivity index (χ2v) is 6.64. The lowest BCUT2D eigenvalue weighted by Gasteiger charge is -2.26. The molecule has 1 amide bonds. The van der Waals surface area contributed by atoms with Crippen molar-refractivity contribution in [3.05, 3.63) is 35.1 Å². The van der Waals surface area contributed by atoms with Crippen LogP contribution in [0.4, 0.5) is 0 Å². The minimum Gasteiger partial charge on any atom is -0.350 e. The molecule has 3 heterocycles. The molecule has 1 aliphatic rings. The van der Waals surface area contributed by atoms with Crippen LogP contribution in [0.3, 0.4) is 0 Å². The third kappa shape index (κ3) is 3.56. The van der Waals surface area contributed by atoms with Crippen molar-refractivity contribution in [1.29, 1.82) is 0 Å². The highest BCUT2D eigenvalue weighted by Gasteiger charge is 2.16. The highest BCUT2D eigenvalue weighted by atomic mass is 32.1. The summed E-state index contributed by atoms with van der Waals surface area (Å²) in [5.41, 5.74) is 0.796. The molecule has 0 spiro atoms. The maximum Gasteiger partial charge on any atom is 0.263 e. The summed E-state index contributed by atoms with van der Waals surface area (Å²) < 4.78 is 1.93. The quantitative estimate of drug-likeness (QED) is 0.921. The number of thiazole rings is 1. The Bertz CT molecular complexity index is 614. The predicted molar refractivity (Wildman–Crippen MR) is 88.8 cm³/mol. The fourth-order valence-electron chi connectivity index (χ4n) is 2.76. The Morgan fingerprint density at radius 2 is 2.00 bits per heavy atom. The van der Waals surface area contributed by atoms with Crippen LogP contribution < -0.4 is 5.32 Å². The number of aromatic nitrogens is 2. The summed E-state index contributed by atoms with van der Waals surface area (Å²) in [5.74, 6) is -0.00887. The summed E-state index contributed by atoms with van der Waals surface area (Å²) in [6, 6.07) is 3.91. The third-order valence-corrected chi connectivity index (χ3v) is 5.15. The van der Waals surface area contributed by atoms with Crippen LogP contribution >= 0.6 is 11.3 Å². The molecule has 1 saturated heterocycles. The largest absolute Gasteiger partial charge is 0.350 e. The van der Waals surface area contributed by atoms with Crippen molar-refractivity contribution in [2.45, 2.75) is 26.2 Å². The van der Waals surface area contributed by atoms with Crippen molar-refractivity contribution in [3.8, 4) is 5.13 Å². The van der Waals surface area contributed by atoms with E-state index in [1.807, 2.05) is 36.0 Å². The van der Waals surface area contributed by atoms with E-state index < -0.39 is 0 Å². The smallest absolute Gasteiger partial charge is 0.263 e. The van der Waals surface area contributed by atoms with Gasteiger partial charge in [-0.2, -0.15) is 0 Å². The molecule has 6 heteroatoms. The summed E-state index contributed by atoms with van der Waals surface area (Å²) in [6.45, 7) is 5.85. The van der Waals surface area contributed by atoms with Crippen LogP contribution in [0.15, 0.2) is 24.5 Å². The Morgan fingerprint density at radius 1 is 1.27 bits per heavy atom. The molecule has 1 N–H and O–H groups in total. The first-order valence-electron chi connectivity index (χ1n) is 7.85. The predicted octanol–water partition coefficient (Wildman–Crippen LogP) is 2.46. The van der Waals surface area contributed by atoms with Crippen LogP contribution in [0.25, 0.3) is 5.13 Å². The van der Waals surface area contributed by atoms with E-state index in [2.05, 4.69) is 15.2 Å². The van der Waals surface area contributed by atoms with E-state index in [0.717, 1.165) is 30.5 Å². The highest BCUT2D eigenvalue weighted by Crippen LogP contribution is 2.21. The molecule has 1 aliphatic heterocycles. The van der Waals surface area contributed by atoms with E-state index >= 15 is 0 Å². The van der Waals surface area contributed by atoms with Gasteiger partial charge in [-0.05, 0) is 45.0 Å². The topological polar surface area (TPSA) is 50.2 Å². The van der Waals surface area contributed by atoms with Crippen LogP contribution in [0, 0.1) is 6.92 Å². The molecular formula is C16H22N4OS. The molecule has 1 fully saturated rings. The molecule has 22 heavy (non-hydrogen) atoms. The average Bonchev–Trinajstić information content (AvgIpc) is 3.17. The molecule has 2 aromatic rings. The van der Waals surface area contributed by atoms with Gasteiger partial charge in [-0.1, -0.05) is 17.8 Å². The molecule has 0 radical (unpaired) electrons. The standard InChI is InChI=1S/C16H22N4OS/c1-13-14(22-16(18-13)20-10-5-6-11-20)15(21)17-7-12-19-8-3-2-4-9-19/h5-6,10-11H,2-4,7-9,12H2,1H3,(H,17,21). The summed E-state index contributed by atoms with van der Waals surface area (Å²) in [5, 5.41) is 3.86. The van der Waals surface area contributed by atoms with Crippen molar-refractivity contribution >= 4 is 17.2 Å². The molecule has 0 unspecified atom stereocenters. The molecule has 0 aromatic carbocycles. The van der Waals surface area contributed by atoms with E-state index in [1.165, 1.54) is 30.6 Å². The number of hydrogen-bond donors (Lipinski definition) is 1. The summed E-state index contributed by atoms with van der Waals surface area (Å²) >= 11 is 1.44. The lowest BCUT2D eigenvalue weighted by Crippen LogP contribution is -2.37. The number of aryl methyl sites for hydroxylation is 1. The Balaban J connectivity index is 1.55. The van der Waals surface area contributed by atoms with Gasteiger partial charge in [0.05, 0.1) is 5.69 Å². The van der Waals surface area contributed by atoms with Crippen LogP contribution in [0.2, 0.25) is 0 Å². The van der Waals surface area contributed by atoms with Gasteiger partial charge in [0.15, 0.2) is 5.13 Å². The number of rotatable bonds is 5. The Kier molecular flexibility index (Phi) is 4.90. The van der Waals surface area contributed by atoms with Gasteiger partial charge in [0, 0.05) is 25.5 Å². The molecule has 2 aromatic heterocycles. The maximum absolute atomic E-state index is 12.3.